The highest BCUT2D eigenvalue weighted by atomic mass is 16.5. The molecule has 6 N–H and O–H groups in total. The van der Waals surface area contributed by atoms with Crippen molar-refractivity contribution >= 4 is 46.9 Å². The Morgan fingerprint density at radius 1 is 0.612 bits per heavy atom. The largest absolute Gasteiger partial charge is 0.489 e. The average Bonchev–Trinajstić information content (AvgIpc) is 3.67. The second-order valence-corrected chi connectivity index (χ2v) is 11.4. The van der Waals surface area contributed by atoms with Crippen LogP contribution >= 0.6 is 0 Å². The molecule has 1 aliphatic carbocycles. The van der Waals surface area contributed by atoms with Crippen LogP contribution in [0.1, 0.15) is 51.6 Å². The molecule has 2 unspecified atom stereocenters. The molecule has 13 nitrogen and oxygen atoms in total. The molecule has 13 heteroatoms. The minimum Gasteiger partial charge on any atom is -0.489 e. The van der Waals surface area contributed by atoms with Gasteiger partial charge in [0.15, 0.2) is 11.1 Å². The number of hydrogen-bond acceptors (Lipinski definition) is 7. The molecule has 0 aromatic heterocycles. The second kappa shape index (κ2) is 13.7. The van der Waals surface area contributed by atoms with Crippen molar-refractivity contribution in [2.45, 2.75) is 37.5 Å². The number of rotatable bonds is 12. The van der Waals surface area contributed by atoms with Gasteiger partial charge in [-0.25, -0.2) is 9.59 Å². The lowest BCUT2D eigenvalue weighted by molar-refractivity contribution is -0.147. The molecule has 1 fully saturated rings. The lowest BCUT2D eigenvalue weighted by Crippen LogP contribution is -2.59. The summed E-state index contributed by atoms with van der Waals surface area (Å²) in [5.41, 5.74) is -3.29. The van der Waals surface area contributed by atoms with E-state index in [-0.39, 0.29) is 35.1 Å². The number of anilines is 2. The molecule has 0 aliphatic heterocycles. The first-order chi connectivity index (χ1) is 23.4. The average molecular weight is 665 g/mol. The van der Waals surface area contributed by atoms with Crippen LogP contribution in [0.2, 0.25) is 0 Å². The fourth-order valence-electron chi connectivity index (χ4n) is 5.82. The molecule has 2 atom stereocenters. The first-order valence-corrected chi connectivity index (χ1v) is 15.0. The first kappa shape index (κ1) is 33.9. The number of carboxylic acids is 2. The van der Waals surface area contributed by atoms with Gasteiger partial charge in [-0.1, -0.05) is 42.5 Å². The zero-order valence-corrected chi connectivity index (χ0v) is 26.4. The number of ether oxygens (including phenoxy) is 1. The van der Waals surface area contributed by atoms with Gasteiger partial charge in [0.2, 0.25) is 11.8 Å². The van der Waals surface area contributed by atoms with Gasteiger partial charge in [0.05, 0.1) is 5.92 Å². The lowest BCUT2D eigenvalue weighted by atomic mass is 10.0. The monoisotopic (exact) mass is 664 g/mol. The molecule has 4 amide bonds. The Morgan fingerprint density at radius 3 is 1.43 bits per heavy atom. The molecule has 0 heterocycles. The number of benzene rings is 4. The zero-order valence-electron chi connectivity index (χ0n) is 26.4. The Balaban J connectivity index is 1.51. The third-order valence-corrected chi connectivity index (χ3v) is 8.10. The van der Waals surface area contributed by atoms with Gasteiger partial charge >= 0.3 is 11.9 Å². The van der Waals surface area contributed by atoms with Crippen molar-refractivity contribution < 1.29 is 43.7 Å². The van der Waals surface area contributed by atoms with Crippen LogP contribution in [0.15, 0.2) is 103 Å². The van der Waals surface area contributed by atoms with Crippen LogP contribution in [0, 0.1) is 0 Å². The van der Waals surface area contributed by atoms with Crippen molar-refractivity contribution in [1.29, 1.82) is 0 Å². The van der Waals surface area contributed by atoms with E-state index < -0.39 is 40.7 Å². The third kappa shape index (κ3) is 6.81. The van der Waals surface area contributed by atoms with Gasteiger partial charge in [0.25, 0.3) is 11.8 Å². The van der Waals surface area contributed by atoms with E-state index in [0.717, 1.165) is 5.56 Å². The Labute approximate surface area is 280 Å². The van der Waals surface area contributed by atoms with E-state index in [1.165, 1.54) is 74.5 Å². The van der Waals surface area contributed by atoms with Gasteiger partial charge in [-0.05, 0) is 71.8 Å². The summed E-state index contributed by atoms with van der Waals surface area (Å²) in [5, 5.41) is 31.3. The first-order valence-electron chi connectivity index (χ1n) is 15.0. The van der Waals surface area contributed by atoms with Crippen molar-refractivity contribution in [3.63, 3.8) is 0 Å². The summed E-state index contributed by atoms with van der Waals surface area (Å²) in [6, 6.07) is 26.5. The lowest BCUT2D eigenvalue weighted by Gasteiger charge is -2.21. The van der Waals surface area contributed by atoms with E-state index >= 15 is 0 Å². The number of amides is 4. The number of nitrogens with one attached hydrogen (secondary N) is 4. The van der Waals surface area contributed by atoms with Crippen LogP contribution in [0.5, 0.6) is 5.75 Å². The summed E-state index contributed by atoms with van der Waals surface area (Å²) in [7, 11) is 0. The molecular formula is C36H32N4O9. The number of carbonyl (C=O) groups excluding carboxylic acids is 4. The van der Waals surface area contributed by atoms with E-state index in [0.29, 0.717) is 17.1 Å². The Hall–Kier alpha value is -6.50. The quantitative estimate of drug-likeness (QED) is 0.130. The topological polar surface area (TPSA) is 200 Å². The van der Waals surface area contributed by atoms with Crippen molar-refractivity contribution in [2.24, 2.45) is 0 Å². The maximum Gasteiger partial charge on any atom is 0.333 e. The van der Waals surface area contributed by atoms with Crippen LogP contribution in [0.3, 0.4) is 0 Å². The Bertz CT molecular complexity index is 1820. The van der Waals surface area contributed by atoms with Gasteiger partial charge in [-0.15, -0.1) is 0 Å². The maximum absolute atomic E-state index is 13.6. The highest BCUT2D eigenvalue weighted by Gasteiger charge is 2.88. The number of hydrogen-bond donors (Lipinski definition) is 6. The van der Waals surface area contributed by atoms with Crippen LogP contribution < -0.4 is 26.0 Å². The van der Waals surface area contributed by atoms with E-state index in [9.17, 15) is 39.0 Å². The minimum atomic E-state index is -2.55. The van der Waals surface area contributed by atoms with Crippen LogP contribution in [0.4, 0.5) is 11.4 Å². The van der Waals surface area contributed by atoms with Gasteiger partial charge in [-0.3, -0.25) is 19.2 Å². The molecule has 5 rings (SSSR count). The Kier molecular flexibility index (Phi) is 9.46. The number of carboxylic acid groups (broad SMARTS) is 2. The van der Waals surface area contributed by atoms with E-state index in [2.05, 4.69) is 21.3 Å². The van der Waals surface area contributed by atoms with Crippen LogP contribution in [-0.2, 0) is 25.8 Å². The van der Waals surface area contributed by atoms with Crippen molar-refractivity contribution in [3.8, 4) is 5.75 Å². The third-order valence-electron chi connectivity index (χ3n) is 8.10. The molecule has 4 aromatic rings. The van der Waals surface area contributed by atoms with E-state index in [1.807, 2.05) is 30.3 Å². The standard InChI is InChI=1S/C36H32N4O9/c1-21(41)37-27-14-8-25(9-15-27)31(43)39-35(33(45)46)30(24-12-18-29(19-13-24)49-20-23-6-4-3-5-7-23)36(35,34(47)48)40-32(44)26-10-16-28(17-11-26)38-22(2)42/h3-19,30H,20H2,1-2H3,(H,37,41)(H,38,42)(H,39,43)(H,40,44)(H,45,46)(H,47,48). The number of aliphatic carboxylic acids is 2. The smallest absolute Gasteiger partial charge is 0.333 e. The van der Waals surface area contributed by atoms with Gasteiger partial charge < -0.3 is 36.2 Å². The van der Waals surface area contributed by atoms with Gasteiger partial charge in [0, 0.05) is 36.3 Å². The summed E-state index contributed by atoms with van der Waals surface area (Å²) in [5.74, 6) is -7.01. The molecule has 0 radical (unpaired) electrons. The molecule has 49 heavy (non-hydrogen) atoms. The summed E-state index contributed by atoms with van der Waals surface area (Å²) in [6.07, 6.45) is 0. The fraction of sp³-hybridized carbons (Fsp3) is 0.167. The second-order valence-electron chi connectivity index (χ2n) is 11.4. The molecule has 1 aliphatic rings. The van der Waals surface area contributed by atoms with Crippen molar-refractivity contribution in [3.05, 3.63) is 125 Å². The molecule has 0 saturated heterocycles. The summed E-state index contributed by atoms with van der Waals surface area (Å²) >= 11 is 0. The Morgan fingerprint density at radius 2 is 1.04 bits per heavy atom. The van der Waals surface area contributed by atoms with Gasteiger partial charge in [-0.2, -0.15) is 0 Å². The highest BCUT2D eigenvalue weighted by molar-refractivity contribution is 6.12. The normalized spacial score (nSPS) is 19.1. The van der Waals surface area contributed by atoms with E-state index in [4.69, 9.17) is 4.74 Å². The minimum absolute atomic E-state index is 0.0239. The van der Waals surface area contributed by atoms with Crippen LogP contribution in [-0.4, -0.2) is 56.9 Å². The SMILES string of the molecule is CC(=O)Nc1ccc(C(=O)NC2(C(=O)O)C(c3ccc(OCc4ccccc4)cc3)C2(NC(=O)c2ccc(NC(C)=O)cc2)C(=O)O)cc1. The fourth-order valence-corrected chi connectivity index (χ4v) is 5.82. The van der Waals surface area contributed by atoms with Crippen LogP contribution in [0.25, 0.3) is 0 Å². The predicted octanol–water partition coefficient (Wildman–Crippen LogP) is 3.79. The molecule has 4 aromatic carbocycles. The zero-order chi connectivity index (χ0) is 35.3. The highest BCUT2D eigenvalue weighted by Crippen LogP contribution is 2.61. The van der Waals surface area contributed by atoms with Crippen molar-refractivity contribution in [1.82, 2.24) is 10.6 Å². The summed E-state index contributed by atoms with van der Waals surface area (Å²) < 4.78 is 5.83. The predicted molar refractivity (Wildman–Crippen MR) is 177 cm³/mol. The molecule has 0 bridgehead atoms. The summed E-state index contributed by atoms with van der Waals surface area (Å²) in [6.45, 7) is 2.86. The van der Waals surface area contributed by atoms with E-state index in [1.54, 1.807) is 12.1 Å². The number of carbonyl (C=O) groups is 6. The summed E-state index contributed by atoms with van der Waals surface area (Å²) in [4.78, 5) is 76.3. The maximum atomic E-state index is 13.6. The molecule has 1 saturated carbocycles. The molecule has 0 spiro atoms. The van der Waals surface area contributed by atoms with Crippen molar-refractivity contribution in [2.75, 3.05) is 10.6 Å². The van der Waals surface area contributed by atoms with Gasteiger partial charge in [0.1, 0.15) is 12.4 Å². The molecule has 250 valence electrons. The molecular weight excluding hydrogens is 632 g/mol.